The number of aliphatic hydroxyl groups is 1. The molecule has 0 saturated heterocycles. The van der Waals surface area contributed by atoms with E-state index in [1.54, 1.807) is 6.07 Å². The van der Waals surface area contributed by atoms with E-state index in [1.165, 1.54) is 6.07 Å². The van der Waals surface area contributed by atoms with Crippen LogP contribution in [-0.4, -0.2) is 29.8 Å². The van der Waals surface area contributed by atoms with Crippen molar-refractivity contribution >= 4 is 5.69 Å². The molecule has 1 aromatic rings. The average Bonchev–Trinajstić information content (AvgIpc) is 2.35. The number of nitrogens with zero attached hydrogens (tertiary/aromatic N) is 1. The molecule has 0 saturated carbocycles. The molecule has 4 heteroatoms. The first-order valence-corrected chi connectivity index (χ1v) is 6.95. The lowest BCUT2D eigenvalue weighted by Gasteiger charge is -2.37. The third-order valence-electron chi connectivity index (χ3n) is 3.55. The molecule has 1 rings (SSSR count). The highest BCUT2D eigenvalue weighted by molar-refractivity contribution is 5.55. The van der Waals surface area contributed by atoms with E-state index in [2.05, 4.69) is 26.1 Å². The van der Waals surface area contributed by atoms with Gasteiger partial charge in [0.2, 0.25) is 0 Å². The minimum absolute atomic E-state index is 0.00610. The molecule has 0 fully saturated rings. The Morgan fingerprint density at radius 1 is 1.20 bits per heavy atom. The Bertz CT molecular complexity index is 452. The van der Waals surface area contributed by atoms with Crippen LogP contribution in [0.1, 0.15) is 40.2 Å². The lowest BCUT2D eigenvalue weighted by Crippen LogP contribution is -2.45. The maximum atomic E-state index is 14.1. The lowest BCUT2D eigenvalue weighted by atomic mass is 10.0. The van der Waals surface area contributed by atoms with Crippen molar-refractivity contribution in [2.24, 2.45) is 0 Å². The van der Waals surface area contributed by atoms with Crippen LogP contribution in [0.25, 0.3) is 0 Å². The molecule has 0 aromatic heterocycles. The molecule has 0 amide bonds. The summed E-state index contributed by atoms with van der Waals surface area (Å²) in [6.07, 6.45) is 0. The van der Waals surface area contributed by atoms with Crippen molar-refractivity contribution in [1.29, 1.82) is 0 Å². The molecule has 2 N–H and O–H groups in total. The summed E-state index contributed by atoms with van der Waals surface area (Å²) in [4.78, 5) is 1.93. The summed E-state index contributed by atoms with van der Waals surface area (Å²) in [6, 6.07) is 5.07. The van der Waals surface area contributed by atoms with Gasteiger partial charge in [0.1, 0.15) is 5.82 Å². The fourth-order valence-electron chi connectivity index (χ4n) is 1.82. The molecule has 20 heavy (non-hydrogen) atoms. The first kappa shape index (κ1) is 16.9. The van der Waals surface area contributed by atoms with Gasteiger partial charge in [-0.3, -0.25) is 0 Å². The minimum atomic E-state index is -0.440. The highest BCUT2D eigenvalue weighted by atomic mass is 19.1. The van der Waals surface area contributed by atoms with E-state index in [-0.39, 0.29) is 18.0 Å². The molecule has 0 aliphatic rings. The summed E-state index contributed by atoms with van der Waals surface area (Å²) >= 11 is 0. The molecular formula is C16H27FN2O. The molecule has 0 spiro atoms. The first-order chi connectivity index (χ1) is 9.08. The van der Waals surface area contributed by atoms with Gasteiger partial charge in [0.15, 0.2) is 0 Å². The predicted octanol–water partition coefficient (Wildman–Crippen LogP) is 2.92. The Balaban J connectivity index is 3.11. The van der Waals surface area contributed by atoms with Gasteiger partial charge in [-0.25, -0.2) is 4.39 Å². The standard InChI is InChI=1S/C16H27FN2O/c1-15(2,3)18-10-12-13(17)8-7-9-14(12)19(6)16(4,5)11-20/h7-9,18,20H,10-11H2,1-6H3. The van der Waals surface area contributed by atoms with Gasteiger partial charge in [0, 0.05) is 30.4 Å². The third kappa shape index (κ3) is 4.18. The van der Waals surface area contributed by atoms with Crippen LogP contribution in [0.15, 0.2) is 18.2 Å². The van der Waals surface area contributed by atoms with Crippen LogP contribution in [0, 0.1) is 5.82 Å². The number of benzene rings is 1. The number of halogens is 1. The number of rotatable bonds is 5. The van der Waals surface area contributed by atoms with Crippen molar-refractivity contribution in [2.75, 3.05) is 18.6 Å². The van der Waals surface area contributed by atoms with Gasteiger partial charge in [-0.15, -0.1) is 0 Å². The van der Waals surface area contributed by atoms with Crippen molar-refractivity contribution in [3.63, 3.8) is 0 Å². The molecule has 114 valence electrons. The number of hydrogen-bond donors (Lipinski definition) is 2. The molecule has 0 unspecified atom stereocenters. The molecule has 0 atom stereocenters. The highest BCUT2D eigenvalue weighted by Gasteiger charge is 2.25. The summed E-state index contributed by atoms with van der Waals surface area (Å²) in [7, 11) is 1.88. The Morgan fingerprint density at radius 3 is 2.30 bits per heavy atom. The number of nitrogens with one attached hydrogen (secondary N) is 1. The molecule has 0 aliphatic carbocycles. The summed E-state index contributed by atoms with van der Waals surface area (Å²) in [6.45, 7) is 10.5. The summed E-state index contributed by atoms with van der Waals surface area (Å²) in [5.41, 5.74) is 0.918. The molecule has 0 bridgehead atoms. The number of hydrogen-bond acceptors (Lipinski definition) is 3. The third-order valence-corrected chi connectivity index (χ3v) is 3.55. The van der Waals surface area contributed by atoms with Crippen molar-refractivity contribution in [2.45, 2.75) is 52.2 Å². The van der Waals surface area contributed by atoms with Crippen LogP contribution in [0.5, 0.6) is 0 Å². The monoisotopic (exact) mass is 282 g/mol. The van der Waals surface area contributed by atoms with Crippen LogP contribution in [0.3, 0.4) is 0 Å². The summed E-state index contributed by atoms with van der Waals surface area (Å²) in [5, 5.41) is 12.8. The van der Waals surface area contributed by atoms with E-state index < -0.39 is 5.54 Å². The van der Waals surface area contributed by atoms with Crippen molar-refractivity contribution < 1.29 is 9.50 Å². The minimum Gasteiger partial charge on any atom is -0.394 e. The smallest absolute Gasteiger partial charge is 0.129 e. The Morgan fingerprint density at radius 2 is 1.80 bits per heavy atom. The SMILES string of the molecule is CN(c1cccc(F)c1CNC(C)(C)C)C(C)(C)CO. The van der Waals surface area contributed by atoms with Crippen molar-refractivity contribution in [3.8, 4) is 0 Å². The zero-order valence-electron chi connectivity index (χ0n) is 13.4. The van der Waals surface area contributed by atoms with E-state index in [0.29, 0.717) is 12.1 Å². The van der Waals surface area contributed by atoms with Crippen LogP contribution in [-0.2, 0) is 6.54 Å². The van der Waals surface area contributed by atoms with E-state index in [9.17, 15) is 9.50 Å². The van der Waals surface area contributed by atoms with E-state index in [4.69, 9.17) is 0 Å². The van der Waals surface area contributed by atoms with E-state index in [1.807, 2.05) is 31.9 Å². The number of anilines is 1. The average molecular weight is 282 g/mol. The normalized spacial score (nSPS) is 12.6. The Kier molecular flexibility index (Phi) is 5.16. The molecule has 0 heterocycles. The van der Waals surface area contributed by atoms with Gasteiger partial charge in [-0.1, -0.05) is 6.07 Å². The fourth-order valence-corrected chi connectivity index (χ4v) is 1.82. The fraction of sp³-hybridized carbons (Fsp3) is 0.625. The van der Waals surface area contributed by atoms with Crippen molar-refractivity contribution in [3.05, 3.63) is 29.6 Å². The van der Waals surface area contributed by atoms with Gasteiger partial charge in [0.25, 0.3) is 0 Å². The molecule has 1 aromatic carbocycles. The maximum Gasteiger partial charge on any atom is 0.129 e. The van der Waals surface area contributed by atoms with Crippen molar-refractivity contribution in [1.82, 2.24) is 5.32 Å². The van der Waals surface area contributed by atoms with Gasteiger partial charge >= 0.3 is 0 Å². The maximum absolute atomic E-state index is 14.1. The van der Waals surface area contributed by atoms with Gasteiger partial charge in [-0.2, -0.15) is 0 Å². The van der Waals surface area contributed by atoms with Gasteiger partial charge in [-0.05, 0) is 46.8 Å². The highest BCUT2D eigenvalue weighted by Crippen LogP contribution is 2.28. The molecule has 0 aliphatic heterocycles. The van der Waals surface area contributed by atoms with E-state index in [0.717, 1.165) is 5.69 Å². The largest absolute Gasteiger partial charge is 0.394 e. The lowest BCUT2D eigenvalue weighted by molar-refractivity contribution is 0.216. The van der Waals surface area contributed by atoms with Crippen LogP contribution >= 0.6 is 0 Å². The second-order valence-corrected chi connectivity index (χ2v) is 6.87. The zero-order chi connectivity index (χ0) is 15.6. The second-order valence-electron chi connectivity index (χ2n) is 6.87. The summed E-state index contributed by atoms with van der Waals surface area (Å²) in [5.74, 6) is -0.222. The molecule has 0 radical (unpaired) electrons. The zero-order valence-corrected chi connectivity index (χ0v) is 13.4. The Labute approximate surface area is 121 Å². The second kappa shape index (κ2) is 6.10. The predicted molar refractivity (Wildman–Crippen MR) is 82.6 cm³/mol. The summed E-state index contributed by atoms with van der Waals surface area (Å²) < 4.78 is 14.1. The Hall–Kier alpha value is -1.13. The topological polar surface area (TPSA) is 35.5 Å². The van der Waals surface area contributed by atoms with Crippen LogP contribution in [0.2, 0.25) is 0 Å². The first-order valence-electron chi connectivity index (χ1n) is 6.95. The van der Waals surface area contributed by atoms with Crippen LogP contribution < -0.4 is 10.2 Å². The number of likely N-dealkylation sites (N-methyl/N-ethyl adjacent to an activating group) is 1. The molecular weight excluding hydrogens is 255 g/mol. The number of aliphatic hydroxyl groups excluding tert-OH is 1. The van der Waals surface area contributed by atoms with Gasteiger partial charge < -0.3 is 15.3 Å². The van der Waals surface area contributed by atoms with Crippen LogP contribution in [0.4, 0.5) is 10.1 Å². The van der Waals surface area contributed by atoms with E-state index >= 15 is 0 Å². The van der Waals surface area contributed by atoms with Gasteiger partial charge in [0.05, 0.1) is 12.1 Å². The quantitative estimate of drug-likeness (QED) is 0.871. The molecule has 3 nitrogen and oxygen atoms in total.